The van der Waals surface area contributed by atoms with Crippen LogP contribution >= 0.6 is 23.2 Å². The van der Waals surface area contributed by atoms with Gasteiger partial charge in [0.25, 0.3) is 5.56 Å². The molecule has 3 rings (SSSR count). The molecule has 0 bridgehead atoms. The maximum atomic E-state index is 14.1. The Balaban J connectivity index is 0.00000126. The van der Waals surface area contributed by atoms with E-state index >= 15 is 0 Å². The highest BCUT2D eigenvalue weighted by molar-refractivity contribution is 6.30. The molecule has 0 aliphatic carbocycles. The number of hydrogen-bond donors (Lipinski definition) is 2. The number of halogens is 4. The van der Waals surface area contributed by atoms with Gasteiger partial charge in [-0.1, -0.05) is 32.4 Å². The molecule has 3 heterocycles. The third kappa shape index (κ3) is 5.06. The minimum absolute atomic E-state index is 0.0362. The molecule has 1 fully saturated rings. The first-order valence-corrected chi connectivity index (χ1v) is 9.57. The van der Waals surface area contributed by atoms with Crippen molar-refractivity contribution in [2.45, 2.75) is 45.8 Å². The second-order valence-corrected chi connectivity index (χ2v) is 6.80. The van der Waals surface area contributed by atoms with Crippen molar-refractivity contribution < 1.29 is 13.5 Å². The highest BCUT2D eigenvalue weighted by Crippen LogP contribution is 2.27. The second kappa shape index (κ2) is 9.61. The van der Waals surface area contributed by atoms with Crippen LogP contribution in [0.15, 0.2) is 4.79 Å². The maximum absolute atomic E-state index is 14.1. The summed E-state index contributed by atoms with van der Waals surface area (Å²) >= 11 is 11.4. The molecular formula is C17H22Cl2F2N4O2. The van der Waals surface area contributed by atoms with E-state index in [4.69, 9.17) is 27.9 Å². The lowest BCUT2D eigenvalue weighted by molar-refractivity contribution is 0.194. The third-order valence-electron chi connectivity index (χ3n) is 4.27. The van der Waals surface area contributed by atoms with Gasteiger partial charge in [0, 0.05) is 6.04 Å². The fourth-order valence-electron chi connectivity index (χ4n) is 2.79. The first-order valence-electron chi connectivity index (χ1n) is 8.81. The lowest BCUT2D eigenvalue weighted by atomic mass is 9.99. The lowest BCUT2D eigenvalue weighted by Crippen LogP contribution is -2.35. The van der Waals surface area contributed by atoms with Gasteiger partial charge in [0.1, 0.15) is 23.7 Å². The number of fused-ring (bicyclic) bond motifs is 1. The number of aromatic nitrogens is 3. The Morgan fingerprint density at radius 1 is 1.30 bits per heavy atom. The topological polar surface area (TPSA) is 79.9 Å². The summed E-state index contributed by atoms with van der Waals surface area (Å²) in [6.07, 6.45) is 0.0478. The Kier molecular flexibility index (Phi) is 7.76. The van der Waals surface area contributed by atoms with Gasteiger partial charge in [0.05, 0.1) is 0 Å². The molecule has 0 amide bonds. The van der Waals surface area contributed by atoms with Gasteiger partial charge in [-0.25, -0.2) is 13.8 Å². The number of H-pyrrole nitrogens is 1. The Hall–Kier alpha value is -1.51. The number of rotatable bonds is 3. The summed E-state index contributed by atoms with van der Waals surface area (Å²) in [4.78, 5) is 21.9. The van der Waals surface area contributed by atoms with Crippen molar-refractivity contribution in [2.24, 2.45) is 5.92 Å². The molecule has 1 aliphatic heterocycles. The Bertz CT molecular complexity index is 850. The van der Waals surface area contributed by atoms with Crippen molar-refractivity contribution in [3.05, 3.63) is 26.6 Å². The molecule has 0 spiro atoms. The molecule has 0 aromatic carbocycles. The molecule has 2 N–H and O–H groups in total. The zero-order valence-corrected chi connectivity index (χ0v) is 16.8. The van der Waals surface area contributed by atoms with Crippen LogP contribution in [0, 0.1) is 11.7 Å². The number of nitrogens with one attached hydrogen (secondary N) is 2. The minimum atomic E-state index is -0.956. The molecule has 10 heteroatoms. The van der Waals surface area contributed by atoms with E-state index in [1.54, 1.807) is 0 Å². The van der Waals surface area contributed by atoms with E-state index in [2.05, 4.69) is 20.3 Å². The highest BCUT2D eigenvalue weighted by atomic mass is 35.5. The monoisotopic (exact) mass is 422 g/mol. The van der Waals surface area contributed by atoms with Gasteiger partial charge in [-0.2, -0.15) is 4.98 Å². The summed E-state index contributed by atoms with van der Waals surface area (Å²) in [5.41, 5.74) is -1.02. The smallest absolute Gasteiger partial charge is 0.265 e. The van der Waals surface area contributed by atoms with Crippen LogP contribution in [0.4, 0.5) is 8.78 Å². The van der Waals surface area contributed by atoms with Crippen molar-refractivity contribution in [1.29, 1.82) is 0 Å². The summed E-state index contributed by atoms with van der Waals surface area (Å²) in [6.45, 7) is 6.57. The SMILES string of the molecule is CC.CC1CCNC(COc2nc(Cl)c(F)c3nc(Cl)[nH]c(=O)c23)CC1F. The van der Waals surface area contributed by atoms with Gasteiger partial charge in [0.15, 0.2) is 11.0 Å². The molecule has 150 valence electrons. The van der Waals surface area contributed by atoms with Crippen LogP contribution in [0.2, 0.25) is 10.4 Å². The van der Waals surface area contributed by atoms with E-state index < -0.39 is 22.7 Å². The zero-order chi connectivity index (χ0) is 20.1. The average molecular weight is 423 g/mol. The largest absolute Gasteiger partial charge is 0.475 e. The summed E-state index contributed by atoms with van der Waals surface area (Å²) in [5, 5.41) is 2.24. The van der Waals surface area contributed by atoms with E-state index in [-0.39, 0.29) is 47.1 Å². The fourth-order valence-corrected chi connectivity index (χ4v) is 3.13. The van der Waals surface area contributed by atoms with Gasteiger partial charge < -0.3 is 10.1 Å². The Labute approximate surface area is 165 Å². The molecule has 2 aromatic rings. The molecule has 2 aromatic heterocycles. The zero-order valence-electron chi connectivity index (χ0n) is 15.3. The van der Waals surface area contributed by atoms with Crippen LogP contribution < -0.4 is 15.6 Å². The third-order valence-corrected chi connectivity index (χ3v) is 4.70. The Morgan fingerprint density at radius 3 is 2.70 bits per heavy atom. The summed E-state index contributed by atoms with van der Waals surface area (Å²) in [7, 11) is 0. The van der Waals surface area contributed by atoms with Gasteiger partial charge in [0.2, 0.25) is 11.2 Å². The van der Waals surface area contributed by atoms with Crippen molar-refractivity contribution in [2.75, 3.05) is 13.2 Å². The van der Waals surface area contributed by atoms with Crippen LogP contribution in [-0.2, 0) is 0 Å². The number of alkyl halides is 1. The molecular weight excluding hydrogens is 401 g/mol. The van der Waals surface area contributed by atoms with E-state index in [0.29, 0.717) is 6.54 Å². The number of hydrogen-bond acceptors (Lipinski definition) is 5. The molecule has 3 atom stereocenters. The lowest BCUT2D eigenvalue weighted by Gasteiger charge is -2.18. The van der Waals surface area contributed by atoms with Crippen molar-refractivity contribution in [3.63, 3.8) is 0 Å². The van der Waals surface area contributed by atoms with Crippen LogP contribution in [-0.4, -0.2) is 40.3 Å². The van der Waals surface area contributed by atoms with Gasteiger partial charge in [-0.05, 0) is 36.9 Å². The second-order valence-electron chi connectivity index (χ2n) is 6.08. The van der Waals surface area contributed by atoms with E-state index in [1.807, 2.05) is 20.8 Å². The van der Waals surface area contributed by atoms with Crippen LogP contribution in [0.25, 0.3) is 10.9 Å². The molecule has 1 aliphatic rings. The van der Waals surface area contributed by atoms with Crippen LogP contribution in [0.5, 0.6) is 5.88 Å². The normalized spacial score (nSPS) is 22.7. The quantitative estimate of drug-likeness (QED) is 0.579. The molecule has 6 nitrogen and oxygen atoms in total. The average Bonchev–Trinajstić information content (AvgIpc) is 2.79. The van der Waals surface area contributed by atoms with E-state index in [0.717, 1.165) is 6.42 Å². The predicted molar refractivity (Wildman–Crippen MR) is 102 cm³/mol. The molecule has 0 radical (unpaired) electrons. The number of ether oxygens (including phenoxy) is 1. The standard InChI is InChI=1S/C15H16Cl2F2N4O2.C2H6/c1-6-2-3-20-7(4-8(6)18)5-25-14-9-11(10(19)12(16)22-14)21-15(17)23-13(9)24;1-2/h6-8,20H,2-5H2,1H3,(H,21,23,24);1-2H3. The van der Waals surface area contributed by atoms with E-state index in [1.165, 1.54) is 0 Å². The Morgan fingerprint density at radius 2 is 2.00 bits per heavy atom. The first kappa shape index (κ1) is 21.8. The number of pyridine rings is 1. The van der Waals surface area contributed by atoms with Crippen LogP contribution in [0.3, 0.4) is 0 Å². The fraction of sp³-hybridized carbons (Fsp3) is 0.588. The van der Waals surface area contributed by atoms with Gasteiger partial charge in [-0.15, -0.1) is 0 Å². The van der Waals surface area contributed by atoms with E-state index in [9.17, 15) is 13.6 Å². The molecule has 1 saturated heterocycles. The van der Waals surface area contributed by atoms with Gasteiger partial charge >= 0.3 is 0 Å². The van der Waals surface area contributed by atoms with Crippen molar-refractivity contribution in [1.82, 2.24) is 20.3 Å². The van der Waals surface area contributed by atoms with Crippen molar-refractivity contribution >= 4 is 34.1 Å². The predicted octanol–water partition coefficient (Wildman–Crippen LogP) is 3.90. The highest BCUT2D eigenvalue weighted by Gasteiger charge is 2.26. The van der Waals surface area contributed by atoms with Crippen LogP contribution in [0.1, 0.15) is 33.6 Å². The summed E-state index contributed by atoms with van der Waals surface area (Å²) in [5.74, 6) is -1.16. The van der Waals surface area contributed by atoms with Crippen molar-refractivity contribution in [3.8, 4) is 5.88 Å². The minimum Gasteiger partial charge on any atom is -0.475 e. The number of aromatic amines is 1. The maximum Gasteiger partial charge on any atom is 0.265 e. The van der Waals surface area contributed by atoms with Gasteiger partial charge in [-0.3, -0.25) is 9.78 Å². The molecule has 0 saturated carbocycles. The first-order chi connectivity index (χ1) is 12.9. The molecule has 3 unspecified atom stereocenters. The molecule has 27 heavy (non-hydrogen) atoms. The summed E-state index contributed by atoms with van der Waals surface area (Å²) in [6, 6.07) is -0.264. The number of nitrogens with zero attached hydrogens (tertiary/aromatic N) is 2. The summed E-state index contributed by atoms with van der Waals surface area (Å²) < 4.78 is 33.7.